The maximum absolute atomic E-state index is 13.2. The number of phenols is 1. The van der Waals surface area contributed by atoms with Gasteiger partial charge in [0, 0.05) is 32.3 Å². The largest absolute Gasteiger partial charge is 0.507 e. The van der Waals surface area contributed by atoms with Crippen LogP contribution in [0.25, 0.3) is 5.76 Å². The Labute approximate surface area is 222 Å². The van der Waals surface area contributed by atoms with E-state index in [0.717, 1.165) is 19.3 Å². The van der Waals surface area contributed by atoms with Gasteiger partial charge in [0.15, 0.2) is 11.5 Å². The first-order valence-electron chi connectivity index (χ1n) is 12.5. The van der Waals surface area contributed by atoms with Gasteiger partial charge in [-0.05, 0) is 61.7 Å². The number of carbonyl (C=O) groups is 2. The molecule has 0 radical (unpaired) electrons. The third-order valence-corrected chi connectivity index (χ3v) is 8.67. The van der Waals surface area contributed by atoms with Crippen LogP contribution in [0.3, 0.4) is 0 Å². The molecule has 2 N–H and O–H groups in total. The summed E-state index contributed by atoms with van der Waals surface area (Å²) < 4.78 is 38.1. The number of aliphatic hydroxyl groups is 1. The lowest BCUT2D eigenvalue weighted by Crippen LogP contribution is -2.35. The SMILES string of the molecule is CCOc1cc([C@H]2/C(=C(\O)c3ccc(S(=O)(=O)N4CCCCC4)cc3)C(=O)C(=O)N2CCOC)ccc1O. The van der Waals surface area contributed by atoms with E-state index in [1.807, 2.05) is 0 Å². The topological polar surface area (TPSA) is 134 Å². The van der Waals surface area contributed by atoms with Gasteiger partial charge in [-0.3, -0.25) is 9.59 Å². The van der Waals surface area contributed by atoms with E-state index in [0.29, 0.717) is 18.7 Å². The quantitative estimate of drug-likeness (QED) is 0.280. The monoisotopic (exact) mass is 544 g/mol. The Kier molecular flexibility index (Phi) is 8.39. The number of hydrogen-bond donors (Lipinski definition) is 2. The highest BCUT2D eigenvalue weighted by atomic mass is 32.2. The van der Waals surface area contributed by atoms with Crippen LogP contribution in [0.5, 0.6) is 11.5 Å². The molecule has 11 heteroatoms. The number of sulfonamides is 1. The van der Waals surface area contributed by atoms with E-state index in [4.69, 9.17) is 9.47 Å². The van der Waals surface area contributed by atoms with E-state index < -0.39 is 33.5 Å². The number of Topliss-reactive ketones (excluding diaryl/α,β-unsaturated/α-hetero) is 1. The fourth-order valence-electron chi connectivity index (χ4n) is 4.81. The van der Waals surface area contributed by atoms with Crippen LogP contribution in [0.15, 0.2) is 52.9 Å². The van der Waals surface area contributed by atoms with Gasteiger partial charge in [0.25, 0.3) is 11.7 Å². The highest BCUT2D eigenvalue weighted by Crippen LogP contribution is 2.41. The number of phenolic OH excluding ortho intramolecular Hbond substituents is 1. The molecule has 2 aromatic carbocycles. The first-order valence-corrected chi connectivity index (χ1v) is 14.0. The van der Waals surface area contributed by atoms with Crippen molar-refractivity contribution in [2.45, 2.75) is 37.1 Å². The van der Waals surface area contributed by atoms with Crippen molar-refractivity contribution in [3.05, 3.63) is 59.2 Å². The number of piperidine rings is 1. The molecule has 0 unspecified atom stereocenters. The number of benzene rings is 2. The third-order valence-electron chi connectivity index (χ3n) is 6.76. The normalized spacial score (nSPS) is 20.2. The smallest absolute Gasteiger partial charge is 0.295 e. The molecule has 0 saturated carbocycles. The Hall–Kier alpha value is -3.41. The molecule has 0 spiro atoms. The van der Waals surface area contributed by atoms with Gasteiger partial charge in [0.05, 0.1) is 29.7 Å². The minimum atomic E-state index is -3.68. The van der Waals surface area contributed by atoms with Crippen LogP contribution in [0.1, 0.15) is 43.4 Å². The second kappa shape index (κ2) is 11.5. The Morgan fingerprint density at radius 1 is 1.05 bits per heavy atom. The lowest BCUT2D eigenvalue weighted by Gasteiger charge is -2.26. The lowest BCUT2D eigenvalue weighted by atomic mass is 9.95. The van der Waals surface area contributed by atoms with Gasteiger partial charge in [-0.25, -0.2) is 8.42 Å². The van der Waals surface area contributed by atoms with Crippen LogP contribution in [-0.2, 0) is 24.3 Å². The average Bonchev–Trinajstić information content (AvgIpc) is 3.18. The van der Waals surface area contributed by atoms with Crippen LogP contribution < -0.4 is 4.74 Å². The maximum atomic E-state index is 13.2. The van der Waals surface area contributed by atoms with Crippen LogP contribution in [0.2, 0.25) is 0 Å². The molecule has 0 aromatic heterocycles. The van der Waals surface area contributed by atoms with Crippen molar-refractivity contribution in [2.24, 2.45) is 0 Å². The predicted molar refractivity (Wildman–Crippen MR) is 139 cm³/mol. The number of aromatic hydroxyl groups is 1. The average molecular weight is 545 g/mol. The predicted octanol–water partition coefficient (Wildman–Crippen LogP) is 3.03. The van der Waals surface area contributed by atoms with E-state index in [9.17, 15) is 28.2 Å². The molecule has 0 bridgehead atoms. The molecule has 1 amide bonds. The van der Waals surface area contributed by atoms with Gasteiger partial charge < -0.3 is 24.6 Å². The van der Waals surface area contributed by atoms with Gasteiger partial charge in [-0.2, -0.15) is 4.31 Å². The molecule has 2 saturated heterocycles. The van der Waals surface area contributed by atoms with E-state index in [1.54, 1.807) is 13.0 Å². The van der Waals surface area contributed by atoms with Crippen LogP contribution in [0.4, 0.5) is 0 Å². The van der Waals surface area contributed by atoms with Crippen molar-refractivity contribution in [1.82, 2.24) is 9.21 Å². The van der Waals surface area contributed by atoms with Gasteiger partial charge in [0.1, 0.15) is 5.76 Å². The molecule has 2 heterocycles. The number of ether oxygens (including phenoxy) is 2. The van der Waals surface area contributed by atoms with Crippen molar-refractivity contribution >= 4 is 27.5 Å². The molecule has 4 rings (SSSR count). The van der Waals surface area contributed by atoms with E-state index >= 15 is 0 Å². The molecule has 38 heavy (non-hydrogen) atoms. The fourth-order valence-corrected chi connectivity index (χ4v) is 6.33. The minimum Gasteiger partial charge on any atom is -0.507 e. The number of methoxy groups -OCH3 is 1. The third kappa shape index (κ3) is 5.27. The van der Waals surface area contributed by atoms with Gasteiger partial charge >= 0.3 is 0 Å². The molecule has 204 valence electrons. The second-order valence-corrected chi connectivity index (χ2v) is 11.1. The summed E-state index contributed by atoms with van der Waals surface area (Å²) in [6.07, 6.45) is 2.61. The summed E-state index contributed by atoms with van der Waals surface area (Å²) in [6, 6.07) is 9.14. The molecule has 10 nitrogen and oxygen atoms in total. The Morgan fingerprint density at radius 3 is 2.37 bits per heavy atom. The van der Waals surface area contributed by atoms with Crippen molar-refractivity contribution in [1.29, 1.82) is 0 Å². The summed E-state index contributed by atoms with van der Waals surface area (Å²) in [5.74, 6) is -2.03. The van der Waals surface area contributed by atoms with Crippen molar-refractivity contribution in [3.8, 4) is 11.5 Å². The van der Waals surface area contributed by atoms with Crippen molar-refractivity contribution in [2.75, 3.05) is 40.0 Å². The van der Waals surface area contributed by atoms with Crippen LogP contribution in [-0.4, -0.2) is 79.5 Å². The highest BCUT2D eigenvalue weighted by molar-refractivity contribution is 7.89. The molecule has 2 aliphatic rings. The van der Waals surface area contributed by atoms with Crippen LogP contribution in [0, 0.1) is 0 Å². The fraction of sp³-hybridized carbons (Fsp3) is 0.407. The summed E-state index contributed by atoms with van der Waals surface area (Å²) in [4.78, 5) is 27.5. The van der Waals surface area contributed by atoms with E-state index in [2.05, 4.69) is 0 Å². The van der Waals surface area contributed by atoms with Gasteiger partial charge in [0.2, 0.25) is 10.0 Å². The number of likely N-dealkylation sites (tertiary alicyclic amines) is 1. The standard InChI is InChI=1S/C27H32N2O8S/c1-3-37-22-17-19(9-12-21(22)30)24-23(26(32)27(33)29(24)15-16-36-2)25(31)18-7-10-20(11-8-18)38(34,35)28-13-5-4-6-14-28/h7-12,17,24,30-31H,3-6,13-16H2,1-2H3/b25-23+/t24-/m0/s1. The number of rotatable bonds is 9. The van der Waals surface area contributed by atoms with Crippen molar-refractivity contribution < 1.29 is 37.7 Å². The van der Waals surface area contributed by atoms with E-state index in [1.165, 1.54) is 52.7 Å². The summed E-state index contributed by atoms with van der Waals surface area (Å²) in [5, 5.41) is 21.4. The zero-order valence-electron chi connectivity index (χ0n) is 21.4. The molecular weight excluding hydrogens is 512 g/mol. The molecule has 2 aromatic rings. The number of amides is 1. The number of hydrogen-bond acceptors (Lipinski definition) is 8. The molecule has 0 aliphatic carbocycles. The number of ketones is 1. The lowest BCUT2D eigenvalue weighted by molar-refractivity contribution is -0.140. The first-order chi connectivity index (χ1) is 18.2. The number of carbonyl (C=O) groups excluding carboxylic acids is 2. The maximum Gasteiger partial charge on any atom is 0.295 e. The minimum absolute atomic E-state index is 0.0837. The summed E-state index contributed by atoms with van der Waals surface area (Å²) >= 11 is 0. The van der Waals surface area contributed by atoms with Crippen LogP contribution >= 0.6 is 0 Å². The number of nitrogens with zero attached hydrogens (tertiary/aromatic N) is 2. The summed E-state index contributed by atoms with van der Waals surface area (Å²) in [5.41, 5.74) is 0.499. The Balaban J connectivity index is 1.76. The zero-order chi connectivity index (χ0) is 27.4. The van der Waals surface area contributed by atoms with Gasteiger partial charge in [-0.1, -0.05) is 12.5 Å². The molecule has 2 fully saturated rings. The highest BCUT2D eigenvalue weighted by Gasteiger charge is 2.46. The van der Waals surface area contributed by atoms with Crippen molar-refractivity contribution in [3.63, 3.8) is 0 Å². The first kappa shape index (κ1) is 27.6. The zero-order valence-corrected chi connectivity index (χ0v) is 22.2. The number of aliphatic hydroxyl groups excluding tert-OH is 1. The Morgan fingerprint density at radius 2 is 1.74 bits per heavy atom. The van der Waals surface area contributed by atoms with E-state index in [-0.39, 0.29) is 47.3 Å². The summed E-state index contributed by atoms with van der Waals surface area (Å²) in [7, 11) is -2.20. The molecule has 1 atom stereocenters. The molecule has 2 aliphatic heterocycles. The second-order valence-electron chi connectivity index (χ2n) is 9.13. The summed E-state index contributed by atoms with van der Waals surface area (Å²) in [6.45, 7) is 3.21. The van der Waals surface area contributed by atoms with Gasteiger partial charge in [-0.15, -0.1) is 0 Å². The Bertz CT molecular complexity index is 1330. The molecular formula is C27H32N2O8S.